The molecule has 0 radical (unpaired) electrons. The fourth-order valence-electron chi connectivity index (χ4n) is 2.80. The summed E-state index contributed by atoms with van der Waals surface area (Å²) in [7, 11) is 3.94. The Morgan fingerprint density at radius 2 is 1.81 bits per heavy atom. The molecule has 0 aliphatic rings. The van der Waals surface area contributed by atoms with E-state index < -0.39 is 0 Å². The lowest BCUT2D eigenvalue weighted by Crippen LogP contribution is -1.95. The summed E-state index contributed by atoms with van der Waals surface area (Å²) in [5, 5.41) is 5.70. The fourth-order valence-corrected chi connectivity index (χ4v) is 2.80. The Kier molecular flexibility index (Phi) is 2.33. The van der Waals surface area contributed by atoms with Gasteiger partial charge in [0.15, 0.2) is 5.82 Å². The van der Waals surface area contributed by atoms with E-state index in [0.29, 0.717) is 0 Å². The van der Waals surface area contributed by atoms with E-state index in [0.717, 1.165) is 39.1 Å². The molecule has 5 nitrogen and oxygen atoms in total. The number of aryl methyl sites for hydroxylation is 2. The van der Waals surface area contributed by atoms with Gasteiger partial charge in [-0.05, 0) is 30.3 Å². The molecule has 0 fully saturated rings. The zero-order chi connectivity index (χ0) is 14.6. The molecule has 2 aromatic carbocycles. The summed E-state index contributed by atoms with van der Waals surface area (Å²) in [6.07, 6.45) is 0. The van der Waals surface area contributed by atoms with Crippen LogP contribution in [0, 0.1) is 0 Å². The van der Waals surface area contributed by atoms with E-state index in [1.165, 1.54) is 0 Å². The van der Waals surface area contributed by atoms with Crippen molar-refractivity contribution in [3.05, 3.63) is 42.5 Å². The molecule has 2 aromatic heterocycles. The number of fused-ring (bicyclic) bond motifs is 2. The van der Waals surface area contributed by atoms with Gasteiger partial charge in [-0.15, -0.1) is 0 Å². The number of anilines is 1. The van der Waals surface area contributed by atoms with Gasteiger partial charge in [0.05, 0.1) is 16.6 Å². The summed E-state index contributed by atoms with van der Waals surface area (Å²) in [6, 6.07) is 13.9. The van der Waals surface area contributed by atoms with Gasteiger partial charge in [-0.25, -0.2) is 4.98 Å². The predicted octanol–water partition coefficient (Wildman–Crippen LogP) is 2.71. The Bertz CT molecular complexity index is 977. The molecule has 0 bridgehead atoms. The maximum absolute atomic E-state index is 5.87. The average Bonchev–Trinajstić information content (AvgIpc) is 2.98. The molecular formula is C16H15N5. The monoisotopic (exact) mass is 277 g/mol. The highest BCUT2D eigenvalue weighted by Gasteiger charge is 2.16. The molecule has 0 amide bonds. The third-order valence-corrected chi connectivity index (χ3v) is 3.87. The maximum Gasteiger partial charge on any atom is 0.162 e. The largest absolute Gasteiger partial charge is 0.399 e. The molecule has 4 aromatic rings. The van der Waals surface area contributed by atoms with Crippen molar-refractivity contribution >= 4 is 27.6 Å². The Balaban J connectivity index is 2.07. The molecule has 0 saturated carbocycles. The van der Waals surface area contributed by atoms with Gasteiger partial charge in [0, 0.05) is 25.2 Å². The third-order valence-electron chi connectivity index (χ3n) is 3.87. The fraction of sp³-hybridized carbons (Fsp3) is 0.125. The van der Waals surface area contributed by atoms with Crippen LogP contribution in [0.1, 0.15) is 0 Å². The van der Waals surface area contributed by atoms with E-state index in [4.69, 9.17) is 10.7 Å². The van der Waals surface area contributed by atoms with Crippen molar-refractivity contribution in [3.8, 4) is 11.5 Å². The Hall–Kier alpha value is -2.82. The third kappa shape index (κ3) is 1.64. The summed E-state index contributed by atoms with van der Waals surface area (Å²) in [6.45, 7) is 0. The second-order valence-electron chi connectivity index (χ2n) is 5.23. The number of hydrogen-bond donors (Lipinski definition) is 1. The van der Waals surface area contributed by atoms with Crippen LogP contribution in [0.5, 0.6) is 0 Å². The van der Waals surface area contributed by atoms with Crippen molar-refractivity contribution in [2.75, 3.05) is 5.73 Å². The Morgan fingerprint density at radius 1 is 1.00 bits per heavy atom. The van der Waals surface area contributed by atoms with E-state index in [1.807, 2.05) is 55.2 Å². The van der Waals surface area contributed by atoms with Crippen molar-refractivity contribution in [1.29, 1.82) is 0 Å². The van der Waals surface area contributed by atoms with Crippen LogP contribution in [0.2, 0.25) is 0 Å². The topological polar surface area (TPSA) is 61.7 Å². The molecule has 2 heterocycles. The predicted molar refractivity (Wildman–Crippen MR) is 84.8 cm³/mol. The van der Waals surface area contributed by atoms with Crippen molar-refractivity contribution < 1.29 is 0 Å². The lowest BCUT2D eigenvalue weighted by molar-refractivity contribution is 0.794. The maximum atomic E-state index is 5.87. The van der Waals surface area contributed by atoms with Crippen molar-refractivity contribution in [1.82, 2.24) is 19.3 Å². The van der Waals surface area contributed by atoms with E-state index in [2.05, 4.69) is 15.7 Å². The number of imidazole rings is 1. The van der Waals surface area contributed by atoms with Crippen LogP contribution >= 0.6 is 0 Å². The van der Waals surface area contributed by atoms with Gasteiger partial charge >= 0.3 is 0 Å². The van der Waals surface area contributed by atoms with Gasteiger partial charge in [0.2, 0.25) is 0 Å². The van der Waals surface area contributed by atoms with Gasteiger partial charge in [-0.1, -0.05) is 12.1 Å². The van der Waals surface area contributed by atoms with Gasteiger partial charge in [0.25, 0.3) is 0 Å². The zero-order valence-electron chi connectivity index (χ0n) is 11.9. The lowest BCUT2D eigenvalue weighted by atomic mass is 10.2. The van der Waals surface area contributed by atoms with Crippen LogP contribution in [0.25, 0.3) is 33.5 Å². The number of para-hydroxylation sites is 2. The average molecular weight is 277 g/mol. The summed E-state index contributed by atoms with van der Waals surface area (Å²) < 4.78 is 3.92. The van der Waals surface area contributed by atoms with Gasteiger partial charge in [-0.3, -0.25) is 4.68 Å². The number of hydrogen-bond acceptors (Lipinski definition) is 3. The summed E-state index contributed by atoms with van der Waals surface area (Å²) in [4.78, 5) is 4.72. The van der Waals surface area contributed by atoms with Gasteiger partial charge < -0.3 is 10.3 Å². The number of nitrogen functional groups attached to an aromatic ring is 1. The number of aromatic nitrogens is 4. The first-order chi connectivity index (χ1) is 10.1. The van der Waals surface area contributed by atoms with E-state index >= 15 is 0 Å². The molecule has 0 unspecified atom stereocenters. The quantitative estimate of drug-likeness (QED) is 0.544. The number of rotatable bonds is 1. The number of benzene rings is 2. The number of nitrogens with two attached hydrogens (primary N) is 1. The first-order valence-electron chi connectivity index (χ1n) is 6.79. The van der Waals surface area contributed by atoms with E-state index in [-0.39, 0.29) is 0 Å². The van der Waals surface area contributed by atoms with E-state index in [9.17, 15) is 0 Å². The molecule has 104 valence electrons. The molecule has 0 spiro atoms. The summed E-state index contributed by atoms with van der Waals surface area (Å²) >= 11 is 0. The smallest absolute Gasteiger partial charge is 0.162 e. The molecule has 4 rings (SSSR count). The SMILES string of the molecule is Cn1nc(-c2nc3ccccc3n2C)c2ccc(N)cc21. The normalized spacial score (nSPS) is 11.5. The Morgan fingerprint density at radius 3 is 2.62 bits per heavy atom. The number of nitrogens with zero attached hydrogens (tertiary/aromatic N) is 4. The minimum absolute atomic E-state index is 0.738. The van der Waals surface area contributed by atoms with Crippen molar-refractivity contribution in [2.45, 2.75) is 0 Å². The van der Waals surface area contributed by atoms with Gasteiger partial charge in [0.1, 0.15) is 5.69 Å². The lowest BCUT2D eigenvalue weighted by Gasteiger charge is -1.99. The molecule has 2 N–H and O–H groups in total. The summed E-state index contributed by atoms with van der Waals surface area (Å²) in [5.41, 5.74) is 10.6. The molecule has 0 saturated heterocycles. The highest BCUT2D eigenvalue weighted by molar-refractivity contribution is 5.95. The van der Waals surface area contributed by atoms with Crippen LogP contribution < -0.4 is 5.73 Å². The van der Waals surface area contributed by atoms with Crippen LogP contribution in [0.4, 0.5) is 5.69 Å². The van der Waals surface area contributed by atoms with Crippen LogP contribution in [0.3, 0.4) is 0 Å². The summed E-state index contributed by atoms with van der Waals surface area (Å²) in [5.74, 6) is 0.867. The zero-order valence-corrected chi connectivity index (χ0v) is 11.9. The second-order valence-corrected chi connectivity index (χ2v) is 5.23. The highest BCUT2D eigenvalue weighted by atomic mass is 15.3. The highest BCUT2D eigenvalue weighted by Crippen LogP contribution is 2.30. The molecular weight excluding hydrogens is 262 g/mol. The molecule has 5 heteroatoms. The second kappa shape index (κ2) is 4.09. The minimum Gasteiger partial charge on any atom is -0.399 e. The first-order valence-corrected chi connectivity index (χ1v) is 6.79. The van der Waals surface area contributed by atoms with E-state index in [1.54, 1.807) is 0 Å². The van der Waals surface area contributed by atoms with Crippen LogP contribution in [0.15, 0.2) is 42.5 Å². The standard InChI is InChI=1S/C16H15N5/c1-20-13-6-4-3-5-12(13)18-16(20)15-11-8-7-10(17)9-14(11)21(2)19-15/h3-9H,17H2,1-2H3. The van der Waals surface area contributed by atoms with Crippen LogP contribution in [-0.2, 0) is 14.1 Å². The van der Waals surface area contributed by atoms with Gasteiger partial charge in [-0.2, -0.15) is 5.10 Å². The molecule has 21 heavy (non-hydrogen) atoms. The Labute approximate surface area is 121 Å². The van der Waals surface area contributed by atoms with Crippen LogP contribution in [-0.4, -0.2) is 19.3 Å². The van der Waals surface area contributed by atoms with Crippen molar-refractivity contribution in [3.63, 3.8) is 0 Å². The molecule has 0 aliphatic heterocycles. The van der Waals surface area contributed by atoms with Crippen molar-refractivity contribution in [2.24, 2.45) is 14.1 Å². The molecule has 0 atom stereocenters. The molecule has 0 aliphatic carbocycles. The minimum atomic E-state index is 0.738. The first kappa shape index (κ1) is 12.0.